The van der Waals surface area contributed by atoms with Crippen LogP contribution in [-0.2, 0) is 9.59 Å². The Morgan fingerprint density at radius 1 is 1.39 bits per heavy atom. The van der Waals surface area contributed by atoms with Gasteiger partial charge in [0.15, 0.2) is 0 Å². The molecular weight excluding hydrogens is 312 g/mol. The lowest BCUT2D eigenvalue weighted by molar-refractivity contribution is -0.139. The fourth-order valence-electron chi connectivity index (χ4n) is 2.26. The molecule has 2 amide bonds. The second-order valence-corrected chi connectivity index (χ2v) is 6.09. The Bertz CT molecular complexity index is 691. The molecular formula is C16H20N4O2S. The van der Waals surface area contributed by atoms with Gasteiger partial charge in [-0.2, -0.15) is 5.10 Å². The summed E-state index contributed by atoms with van der Waals surface area (Å²) in [5.74, 6) is -1.32. The van der Waals surface area contributed by atoms with Crippen molar-refractivity contribution in [3.63, 3.8) is 0 Å². The molecule has 0 fully saturated rings. The summed E-state index contributed by atoms with van der Waals surface area (Å²) in [7, 11) is 0. The number of nitrogens with zero attached hydrogens (tertiary/aromatic N) is 2. The van der Waals surface area contributed by atoms with Gasteiger partial charge in [0.25, 0.3) is 0 Å². The molecule has 23 heavy (non-hydrogen) atoms. The summed E-state index contributed by atoms with van der Waals surface area (Å²) < 4.78 is 1.88. The normalized spacial score (nSPS) is 11.7. The third kappa shape index (κ3) is 4.29. The molecule has 0 radical (unpaired) electrons. The van der Waals surface area contributed by atoms with Crippen molar-refractivity contribution in [2.45, 2.75) is 19.9 Å². The molecule has 2 aromatic heterocycles. The van der Waals surface area contributed by atoms with E-state index in [9.17, 15) is 9.59 Å². The zero-order valence-corrected chi connectivity index (χ0v) is 14.0. The van der Waals surface area contributed by atoms with Gasteiger partial charge in [-0.25, -0.2) is 0 Å². The minimum atomic E-state index is -0.664. The van der Waals surface area contributed by atoms with E-state index in [1.165, 1.54) is 6.08 Å². The number of carbonyl (C=O) groups is 2. The molecule has 1 atom stereocenters. The first-order valence-electron chi connectivity index (χ1n) is 7.26. The Morgan fingerprint density at radius 3 is 2.70 bits per heavy atom. The van der Waals surface area contributed by atoms with Crippen LogP contribution < -0.4 is 10.6 Å². The average molecular weight is 332 g/mol. The van der Waals surface area contributed by atoms with Crippen molar-refractivity contribution in [2.24, 2.45) is 0 Å². The summed E-state index contributed by atoms with van der Waals surface area (Å²) in [6, 6.07) is 5.80. The van der Waals surface area contributed by atoms with Gasteiger partial charge >= 0.3 is 11.8 Å². The maximum Gasteiger partial charge on any atom is 0.309 e. The monoisotopic (exact) mass is 332 g/mol. The van der Waals surface area contributed by atoms with E-state index in [1.54, 1.807) is 11.3 Å². The Morgan fingerprint density at radius 2 is 2.13 bits per heavy atom. The molecule has 0 saturated heterocycles. The number of nitrogens with one attached hydrogen (secondary N) is 2. The van der Waals surface area contributed by atoms with E-state index in [2.05, 4.69) is 22.3 Å². The highest BCUT2D eigenvalue weighted by atomic mass is 32.1. The zero-order valence-electron chi connectivity index (χ0n) is 13.2. The van der Waals surface area contributed by atoms with Gasteiger partial charge in [0, 0.05) is 23.7 Å². The van der Waals surface area contributed by atoms with Crippen LogP contribution in [0.25, 0.3) is 0 Å². The highest BCUT2D eigenvalue weighted by Gasteiger charge is 2.21. The number of rotatable bonds is 6. The lowest BCUT2D eigenvalue weighted by Crippen LogP contribution is -2.42. The fourth-order valence-corrected chi connectivity index (χ4v) is 3.08. The maximum absolute atomic E-state index is 11.9. The predicted molar refractivity (Wildman–Crippen MR) is 90.4 cm³/mol. The minimum absolute atomic E-state index is 0.139. The van der Waals surface area contributed by atoms with Gasteiger partial charge in [0.05, 0.1) is 5.69 Å². The summed E-state index contributed by atoms with van der Waals surface area (Å²) in [4.78, 5) is 24.6. The van der Waals surface area contributed by atoms with E-state index in [1.807, 2.05) is 42.1 Å². The van der Waals surface area contributed by atoms with Crippen LogP contribution >= 0.6 is 11.3 Å². The Labute approximate surface area is 139 Å². The molecule has 6 nitrogen and oxygen atoms in total. The third-order valence-corrected chi connectivity index (χ3v) is 4.25. The smallest absolute Gasteiger partial charge is 0.309 e. The molecule has 2 N–H and O–H groups in total. The lowest BCUT2D eigenvalue weighted by atomic mass is 10.2. The molecule has 0 spiro atoms. The van der Waals surface area contributed by atoms with E-state index >= 15 is 0 Å². The number of hydrogen-bond donors (Lipinski definition) is 2. The molecule has 0 aromatic carbocycles. The zero-order chi connectivity index (χ0) is 16.8. The Kier molecular flexibility index (Phi) is 5.70. The van der Waals surface area contributed by atoms with Gasteiger partial charge in [-0.3, -0.25) is 14.3 Å². The molecule has 2 aromatic rings. The fraction of sp³-hybridized carbons (Fsp3) is 0.312. The van der Waals surface area contributed by atoms with Crippen LogP contribution in [0.3, 0.4) is 0 Å². The molecule has 0 aliphatic rings. The van der Waals surface area contributed by atoms with Crippen LogP contribution in [0.1, 0.15) is 22.3 Å². The van der Waals surface area contributed by atoms with Crippen LogP contribution in [0.5, 0.6) is 0 Å². The quantitative estimate of drug-likeness (QED) is 0.623. The number of hydrogen-bond acceptors (Lipinski definition) is 4. The maximum atomic E-state index is 11.9. The van der Waals surface area contributed by atoms with Crippen molar-refractivity contribution >= 4 is 23.2 Å². The molecule has 1 unspecified atom stereocenters. The molecule has 0 aliphatic heterocycles. The molecule has 0 bridgehead atoms. The van der Waals surface area contributed by atoms with Gasteiger partial charge in [-0.15, -0.1) is 17.9 Å². The summed E-state index contributed by atoms with van der Waals surface area (Å²) in [6.07, 6.45) is 1.52. The van der Waals surface area contributed by atoms with Gasteiger partial charge in [0.2, 0.25) is 0 Å². The molecule has 2 heterocycles. The molecule has 0 aliphatic carbocycles. The van der Waals surface area contributed by atoms with E-state index in [4.69, 9.17) is 0 Å². The van der Waals surface area contributed by atoms with Crippen LogP contribution in [0.2, 0.25) is 0 Å². The number of aromatic nitrogens is 2. The van der Waals surface area contributed by atoms with Crippen molar-refractivity contribution < 1.29 is 9.59 Å². The van der Waals surface area contributed by atoms with E-state index in [-0.39, 0.29) is 12.6 Å². The predicted octanol–water partition coefficient (Wildman–Crippen LogP) is 1.57. The van der Waals surface area contributed by atoms with Crippen LogP contribution in [0.15, 0.2) is 36.2 Å². The van der Waals surface area contributed by atoms with Gasteiger partial charge in [-0.1, -0.05) is 12.1 Å². The second-order valence-electron chi connectivity index (χ2n) is 5.11. The van der Waals surface area contributed by atoms with E-state index < -0.39 is 11.8 Å². The van der Waals surface area contributed by atoms with Crippen molar-refractivity contribution in [3.8, 4) is 0 Å². The SMILES string of the molecule is C=CCNC(=O)C(=O)NCC(c1cccs1)n1nc(C)cc1C. The number of aryl methyl sites for hydroxylation is 2. The van der Waals surface area contributed by atoms with Crippen molar-refractivity contribution in [3.05, 3.63) is 52.5 Å². The number of amides is 2. The topological polar surface area (TPSA) is 76.0 Å². The highest BCUT2D eigenvalue weighted by Crippen LogP contribution is 2.24. The summed E-state index contributed by atoms with van der Waals surface area (Å²) in [5.41, 5.74) is 1.92. The summed E-state index contributed by atoms with van der Waals surface area (Å²) in [5, 5.41) is 11.6. The second kappa shape index (κ2) is 7.73. The molecule has 122 valence electrons. The Hall–Kier alpha value is -2.41. The van der Waals surface area contributed by atoms with Crippen LogP contribution in [0, 0.1) is 13.8 Å². The molecule has 7 heteroatoms. The third-order valence-electron chi connectivity index (χ3n) is 3.28. The molecule has 0 saturated carbocycles. The first-order chi connectivity index (χ1) is 11.0. The first-order valence-corrected chi connectivity index (χ1v) is 8.14. The van der Waals surface area contributed by atoms with Crippen LogP contribution in [-0.4, -0.2) is 34.7 Å². The summed E-state index contributed by atoms with van der Waals surface area (Å²) in [6.45, 7) is 7.95. The highest BCUT2D eigenvalue weighted by molar-refractivity contribution is 7.10. The van der Waals surface area contributed by atoms with E-state index in [0.717, 1.165) is 16.3 Å². The Balaban J connectivity index is 2.11. The lowest BCUT2D eigenvalue weighted by Gasteiger charge is -2.18. The van der Waals surface area contributed by atoms with Gasteiger partial charge < -0.3 is 10.6 Å². The van der Waals surface area contributed by atoms with E-state index in [0.29, 0.717) is 6.54 Å². The van der Waals surface area contributed by atoms with Crippen LogP contribution in [0.4, 0.5) is 0 Å². The molecule has 2 rings (SSSR count). The number of carbonyl (C=O) groups excluding carboxylic acids is 2. The van der Waals surface area contributed by atoms with Gasteiger partial charge in [-0.05, 0) is 31.4 Å². The standard InChI is InChI=1S/C16H20N4O2S/c1-4-7-17-15(21)16(22)18-10-13(14-6-5-8-23-14)20-12(3)9-11(2)19-20/h4-6,8-9,13H,1,7,10H2,2-3H3,(H,17,21)(H,18,22). The van der Waals surface area contributed by atoms with Crippen molar-refractivity contribution in [2.75, 3.05) is 13.1 Å². The van der Waals surface area contributed by atoms with Crippen molar-refractivity contribution in [1.82, 2.24) is 20.4 Å². The average Bonchev–Trinajstić information content (AvgIpc) is 3.15. The minimum Gasteiger partial charge on any atom is -0.345 e. The first kappa shape index (κ1) is 17.0. The summed E-state index contributed by atoms with van der Waals surface area (Å²) >= 11 is 1.59. The van der Waals surface area contributed by atoms with Crippen molar-refractivity contribution in [1.29, 1.82) is 0 Å². The number of thiophene rings is 1. The largest absolute Gasteiger partial charge is 0.345 e. The van der Waals surface area contributed by atoms with Gasteiger partial charge in [0.1, 0.15) is 6.04 Å².